The van der Waals surface area contributed by atoms with Crippen molar-refractivity contribution in [1.29, 1.82) is 5.26 Å². The van der Waals surface area contributed by atoms with Gasteiger partial charge in [0.15, 0.2) is 11.5 Å². The molecular weight excluding hydrogens is 276 g/mol. The number of likely N-dealkylation sites (tertiary alicyclic amines) is 1. The zero-order chi connectivity index (χ0) is 15.7. The van der Waals surface area contributed by atoms with Gasteiger partial charge in [-0.1, -0.05) is 6.08 Å². The fourth-order valence-corrected chi connectivity index (χ4v) is 3.98. The van der Waals surface area contributed by atoms with Gasteiger partial charge < -0.3 is 14.4 Å². The molecule has 4 heteroatoms. The minimum Gasteiger partial charge on any atom is -0.493 e. The van der Waals surface area contributed by atoms with Crippen molar-refractivity contribution in [3.63, 3.8) is 0 Å². The molecule has 1 atom stereocenters. The number of methoxy groups -OCH3 is 2. The molecule has 0 saturated carbocycles. The third kappa shape index (κ3) is 2.04. The molecule has 2 aliphatic rings. The van der Waals surface area contributed by atoms with Crippen LogP contribution in [0, 0.1) is 11.3 Å². The summed E-state index contributed by atoms with van der Waals surface area (Å²) in [4.78, 5) is 2.35. The summed E-state index contributed by atoms with van der Waals surface area (Å²) in [7, 11) is 5.36. The van der Waals surface area contributed by atoms with Crippen LogP contribution in [0.15, 0.2) is 23.9 Å². The Kier molecular flexibility index (Phi) is 3.74. The number of nitriles is 1. The second-order valence-electron chi connectivity index (χ2n) is 6.11. The fourth-order valence-electron chi connectivity index (χ4n) is 3.98. The van der Waals surface area contributed by atoms with Crippen LogP contribution in [-0.2, 0) is 5.41 Å². The van der Waals surface area contributed by atoms with E-state index < -0.39 is 0 Å². The minimum absolute atomic E-state index is 0.0259. The van der Waals surface area contributed by atoms with Crippen molar-refractivity contribution in [1.82, 2.24) is 4.90 Å². The summed E-state index contributed by atoms with van der Waals surface area (Å²) in [6.45, 7) is 1.06. The SMILES string of the molecule is COc1cc([C@@]23CCCC=C2N(C)CC3)cc(C#N)c1OC. The third-order valence-electron chi connectivity index (χ3n) is 5.07. The highest BCUT2D eigenvalue weighted by Crippen LogP contribution is 2.50. The van der Waals surface area contributed by atoms with E-state index >= 15 is 0 Å². The van der Waals surface area contributed by atoms with Crippen LogP contribution >= 0.6 is 0 Å². The van der Waals surface area contributed by atoms with Gasteiger partial charge in [0.05, 0.1) is 19.8 Å². The van der Waals surface area contributed by atoms with Crippen molar-refractivity contribution < 1.29 is 9.47 Å². The zero-order valence-corrected chi connectivity index (χ0v) is 13.5. The van der Waals surface area contributed by atoms with Gasteiger partial charge in [-0.15, -0.1) is 0 Å². The minimum atomic E-state index is 0.0259. The molecule has 1 aromatic rings. The predicted octanol–water partition coefficient (Wildman–Crippen LogP) is 3.22. The molecule has 1 aliphatic heterocycles. The summed E-state index contributed by atoms with van der Waals surface area (Å²) in [6, 6.07) is 6.29. The van der Waals surface area contributed by atoms with Gasteiger partial charge in [-0.3, -0.25) is 0 Å². The number of hydrogen-bond acceptors (Lipinski definition) is 4. The maximum absolute atomic E-state index is 9.47. The first-order valence-corrected chi connectivity index (χ1v) is 7.74. The number of hydrogen-bond donors (Lipinski definition) is 0. The van der Waals surface area contributed by atoms with Crippen molar-refractivity contribution >= 4 is 0 Å². The maximum Gasteiger partial charge on any atom is 0.178 e. The Morgan fingerprint density at radius 1 is 1.23 bits per heavy atom. The zero-order valence-electron chi connectivity index (χ0n) is 13.5. The monoisotopic (exact) mass is 298 g/mol. The van der Waals surface area contributed by atoms with E-state index in [1.54, 1.807) is 14.2 Å². The van der Waals surface area contributed by atoms with E-state index in [-0.39, 0.29) is 5.41 Å². The Balaban J connectivity index is 2.18. The van der Waals surface area contributed by atoms with Gasteiger partial charge in [0, 0.05) is 24.7 Å². The van der Waals surface area contributed by atoms with Gasteiger partial charge >= 0.3 is 0 Å². The van der Waals surface area contributed by atoms with Gasteiger partial charge in [0.2, 0.25) is 0 Å². The highest BCUT2D eigenvalue weighted by molar-refractivity contribution is 5.58. The molecule has 1 aliphatic carbocycles. The number of ether oxygens (including phenoxy) is 2. The molecule has 22 heavy (non-hydrogen) atoms. The highest BCUT2D eigenvalue weighted by atomic mass is 16.5. The van der Waals surface area contributed by atoms with Crippen LogP contribution in [-0.4, -0.2) is 32.7 Å². The third-order valence-corrected chi connectivity index (χ3v) is 5.07. The largest absolute Gasteiger partial charge is 0.493 e. The van der Waals surface area contributed by atoms with E-state index in [2.05, 4.69) is 30.2 Å². The second-order valence-corrected chi connectivity index (χ2v) is 6.11. The molecule has 1 heterocycles. The van der Waals surface area contributed by atoms with Crippen LogP contribution in [0.1, 0.15) is 36.8 Å². The summed E-state index contributed by atoms with van der Waals surface area (Å²) in [6.07, 6.45) is 6.91. The number of fused-ring (bicyclic) bond motifs is 1. The number of allylic oxidation sites excluding steroid dienone is 2. The molecule has 0 unspecified atom stereocenters. The Bertz CT molecular complexity index is 660. The Labute approximate surface area is 131 Å². The molecule has 1 aromatic carbocycles. The highest BCUT2D eigenvalue weighted by Gasteiger charge is 2.44. The summed E-state index contributed by atoms with van der Waals surface area (Å²) in [5.41, 5.74) is 3.15. The van der Waals surface area contributed by atoms with E-state index in [4.69, 9.17) is 9.47 Å². The van der Waals surface area contributed by atoms with Crippen molar-refractivity contribution in [2.45, 2.75) is 31.1 Å². The molecule has 3 rings (SSSR count). The van der Waals surface area contributed by atoms with Gasteiger partial charge in [0.1, 0.15) is 6.07 Å². The summed E-state index contributed by atoms with van der Waals surface area (Å²) < 4.78 is 10.8. The molecule has 1 saturated heterocycles. The molecule has 0 radical (unpaired) electrons. The average molecular weight is 298 g/mol. The van der Waals surface area contributed by atoms with Gasteiger partial charge in [-0.05, 0) is 43.4 Å². The Hall–Kier alpha value is -2.15. The first-order valence-electron chi connectivity index (χ1n) is 7.74. The van der Waals surface area contributed by atoms with Crippen LogP contribution in [0.4, 0.5) is 0 Å². The van der Waals surface area contributed by atoms with E-state index in [1.165, 1.54) is 17.7 Å². The predicted molar refractivity (Wildman–Crippen MR) is 85.1 cm³/mol. The first-order chi connectivity index (χ1) is 10.7. The molecule has 1 fully saturated rings. The Morgan fingerprint density at radius 2 is 2.05 bits per heavy atom. The van der Waals surface area contributed by atoms with E-state index in [1.807, 2.05) is 6.07 Å². The lowest BCUT2D eigenvalue weighted by Crippen LogP contribution is -2.30. The van der Waals surface area contributed by atoms with Crippen molar-refractivity contribution in [3.8, 4) is 17.6 Å². The normalized spacial score (nSPS) is 23.5. The lowest BCUT2D eigenvalue weighted by molar-refractivity contribution is 0.350. The average Bonchev–Trinajstić information content (AvgIpc) is 2.92. The number of rotatable bonds is 3. The number of benzene rings is 1. The fraction of sp³-hybridized carbons (Fsp3) is 0.500. The molecule has 0 amide bonds. The van der Waals surface area contributed by atoms with Gasteiger partial charge in [0.25, 0.3) is 0 Å². The summed E-state index contributed by atoms with van der Waals surface area (Å²) in [5, 5.41) is 9.47. The molecule has 4 nitrogen and oxygen atoms in total. The first kappa shape index (κ1) is 14.8. The van der Waals surface area contributed by atoms with Crippen molar-refractivity contribution in [2.24, 2.45) is 0 Å². The van der Waals surface area contributed by atoms with Crippen molar-refractivity contribution in [2.75, 3.05) is 27.8 Å². The van der Waals surface area contributed by atoms with Crippen LogP contribution in [0.3, 0.4) is 0 Å². The van der Waals surface area contributed by atoms with Gasteiger partial charge in [-0.2, -0.15) is 5.26 Å². The summed E-state index contributed by atoms with van der Waals surface area (Å²) in [5.74, 6) is 1.17. The van der Waals surface area contributed by atoms with Crippen LogP contribution < -0.4 is 9.47 Å². The van der Waals surface area contributed by atoms with E-state index in [9.17, 15) is 5.26 Å². The molecule has 0 bridgehead atoms. The second kappa shape index (κ2) is 5.57. The van der Waals surface area contributed by atoms with E-state index in [0.29, 0.717) is 17.1 Å². The van der Waals surface area contributed by atoms with Crippen LogP contribution in [0.5, 0.6) is 11.5 Å². The molecular formula is C18H22N2O2. The standard InChI is InChI=1S/C18H22N2O2/c1-20-9-8-18(7-5-4-6-16(18)20)14-10-13(12-19)17(22-3)15(11-14)21-2/h6,10-11H,4-5,7-9H2,1-3H3/t18-/m0/s1. The molecule has 0 aromatic heterocycles. The molecule has 0 N–H and O–H groups in total. The molecule has 116 valence electrons. The lowest BCUT2D eigenvalue weighted by Gasteiger charge is -2.36. The smallest absolute Gasteiger partial charge is 0.178 e. The van der Waals surface area contributed by atoms with Crippen LogP contribution in [0.2, 0.25) is 0 Å². The van der Waals surface area contributed by atoms with Crippen LogP contribution in [0.25, 0.3) is 0 Å². The number of nitrogens with zero attached hydrogens (tertiary/aromatic N) is 2. The van der Waals surface area contributed by atoms with E-state index in [0.717, 1.165) is 25.8 Å². The quantitative estimate of drug-likeness (QED) is 0.859. The molecule has 0 spiro atoms. The summed E-state index contributed by atoms with van der Waals surface area (Å²) >= 11 is 0. The maximum atomic E-state index is 9.47. The number of likely N-dealkylation sites (N-methyl/N-ethyl adjacent to an activating group) is 1. The van der Waals surface area contributed by atoms with Crippen molar-refractivity contribution in [3.05, 3.63) is 35.0 Å². The Morgan fingerprint density at radius 3 is 2.73 bits per heavy atom. The van der Waals surface area contributed by atoms with Gasteiger partial charge in [-0.25, -0.2) is 0 Å². The lowest BCUT2D eigenvalue weighted by atomic mass is 9.70. The topological polar surface area (TPSA) is 45.5 Å².